The third-order valence-electron chi connectivity index (χ3n) is 3.13. The Morgan fingerprint density at radius 1 is 1.62 bits per heavy atom. The number of methoxy groups -OCH3 is 1. The van der Waals surface area contributed by atoms with Crippen LogP contribution >= 0.6 is 0 Å². The highest BCUT2D eigenvalue weighted by molar-refractivity contribution is 5.38. The number of ether oxygens (including phenoxy) is 1. The van der Waals surface area contributed by atoms with Gasteiger partial charge in [0, 0.05) is 32.4 Å². The summed E-state index contributed by atoms with van der Waals surface area (Å²) in [7, 11) is 1.76. The van der Waals surface area contributed by atoms with Crippen LogP contribution in [0.15, 0.2) is 18.3 Å². The van der Waals surface area contributed by atoms with Gasteiger partial charge in [0.15, 0.2) is 5.82 Å². The van der Waals surface area contributed by atoms with Crippen molar-refractivity contribution in [2.24, 2.45) is 5.73 Å². The molecule has 2 rings (SSSR count). The highest BCUT2D eigenvalue weighted by Gasteiger charge is 2.28. The summed E-state index contributed by atoms with van der Waals surface area (Å²) in [5, 5.41) is 8.04. The molecule has 1 saturated heterocycles. The minimum atomic E-state index is 0.301. The highest BCUT2D eigenvalue weighted by atomic mass is 16.5. The van der Waals surface area contributed by atoms with Crippen LogP contribution in [0.3, 0.4) is 0 Å². The Hall–Kier alpha value is -1.20. The lowest BCUT2D eigenvalue weighted by molar-refractivity contribution is 0.0707. The second-order valence-corrected chi connectivity index (χ2v) is 4.05. The van der Waals surface area contributed by atoms with E-state index < -0.39 is 0 Å². The van der Waals surface area contributed by atoms with Crippen molar-refractivity contribution < 1.29 is 4.74 Å². The first kappa shape index (κ1) is 11.3. The number of hydrogen-bond donors (Lipinski definition) is 1. The molecule has 2 heterocycles. The van der Waals surface area contributed by atoms with E-state index in [2.05, 4.69) is 15.1 Å². The maximum atomic E-state index is 5.80. The van der Waals surface area contributed by atoms with E-state index in [1.165, 1.54) is 0 Å². The molecule has 0 aliphatic carbocycles. The summed E-state index contributed by atoms with van der Waals surface area (Å²) in [6, 6.07) is 4.18. The van der Waals surface area contributed by atoms with Gasteiger partial charge in [-0.1, -0.05) is 0 Å². The first-order valence-corrected chi connectivity index (χ1v) is 5.62. The van der Waals surface area contributed by atoms with Gasteiger partial charge in [0.05, 0.1) is 6.10 Å². The highest BCUT2D eigenvalue weighted by Crippen LogP contribution is 2.23. The Morgan fingerprint density at radius 2 is 2.50 bits per heavy atom. The number of nitrogens with zero attached hydrogens (tertiary/aromatic N) is 3. The van der Waals surface area contributed by atoms with Crippen LogP contribution in [0.25, 0.3) is 0 Å². The maximum absolute atomic E-state index is 5.80. The Labute approximate surface area is 95.6 Å². The number of anilines is 1. The molecule has 0 aromatic carbocycles. The van der Waals surface area contributed by atoms with E-state index in [-0.39, 0.29) is 0 Å². The molecule has 1 aliphatic heterocycles. The summed E-state index contributed by atoms with van der Waals surface area (Å²) in [5.74, 6) is 0.910. The minimum Gasteiger partial charge on any atom is -0.381 e. The van der Waals surface area contributed by atoms with Gasteiger partial charge in [-0.15, -0.1) is 5.10 Å². The molecule has 2 N–H and O–H groups in total. The molecule has 0 saturated carbocycles. The zero-order valence-electron chi connectivity index (χ0n) is 9.54. The minimum absolute atomic E-state index is 0.301. The molecule has 1 aliphatic rings. The summed E-state index contributed by atoms with van der Waals surface area (Å²) >= 11 is 0. The van der Waals surface area contributed by atoms with E-state index in [4.69, 9.17) is 10.5 Å². The van der Waals surface area contributed by atoms with Crippen molar-refractivity contribution in [3.63, 3.8) is 0 Å². The fourth-order valence-electron chi connectivity index (χ4n) is 2.20. The third kappa shape index (κ3) is 2.31. The van der Waals surface area contributed by atoms with Gasteiger partial charge in [-0.25, -0.2) is 0 Å². The molecule has 2 unspecified atom stereocenters. The zero-order chi connectivity index (χ0) is 11.4. The molecular weight excluding hydrogens is 204 g/mol. The molecule has 0 spiro atoms. The second kappa shape index (κ2) is 5.23. The van der Waals surface area contributed by atoms with Crippen molar-refractivity contribution in [3.05, 3.63) is 18.3 Å². The van der Waals surface area contributed by atoms with Crippen LogP contribution in [-0.4, -0.2) is 42.5 Å². The fraction of sp³-hybridized carbons (Fsp3) is 0.636. The monoisotopic (exact) mass is 222 g/mol. The number of hydrogen-bond acceptors (Lipinski definition) is 5. The molecule has 0 amide bonds. The second-order valence-electron chi connectivity index (χ2n) is 4.05. The van der Waals surface area contributed by atoms with Gasteiger partial charge in [0.25, 0.3) is 0 Å². The first-order valence-electron chi connectivity index (χ1n) is 5.62. The Kier molecular flexibility index (Phi) is 3.69. The Morgan fingerprint density at radius 3 is 3.12 bits per heavy atom. The maximum Gasteiger partial charge on any atom is 0.151 e. The van der Waals surface area contributed by atoms with E-state index in [1.54, 1.807) is 13.3 Å². The van der Waals surface area contributed by atoms with E-state index in [0.717, 1.165) is 25.2 Å². The molecule has 5 heteroatoms. The Balaban J connectivity index is 2.10. The van der Waals surface area contributed by atoms with Crippen molar-refractivity contribution >= 4 is 5.82 Å². The zero-order valence-corrected chi connectivity index (χ0v) is 9.54. The largest absolute Gasteiger partial charge is 0.381 e. The van der Waals surface area contributed by atoms with Crippen LogP contribution in [0, 0.1) is 0 Å². The van der Waals surface area contributed by atoms with Crippen molar-refractivity contribution in [3.8, 4) is 0 Å². The van der Waals surface area contributed by atoms with Gasteiger partial charge in [0.1, 0.15) is 0 Å². The predicted molar refractivity (Wildman–Crippen MR) is 62.3 cm³/mol. The molecule has 1 fully saturated rings. The predicted octanol–water partition coefficient (Wildman–Crippen LogP) is 0.419. The van der Waals surface area contributed by atoms with Gasteiger partial charge in [0.2, 0.25) is 0 Å². The molecule has 16 heavy (non-hydrogen) atoms. The van der Waals surface area contributed by atoms with Crippen molar-refractivity contribution in [2.75, 3.05) is 25.1 Å². The lowest BCUT2D eigenvalue weighted by atomic mass is 9.99. The molecular formula is C11H18N4O. The average Bonchev–Trinajstić information content (AvgIpc) is 2.39. The van der Waals surface area contributed by atoms with Crippen LogP contribution in [0.5, 0.6) is 0 Å². The summed E-state index contributed by atoms with van der Waals surface area (Å²) < 4.78 is 5.39. The van der Waals surface area contributed by atoms with Gasteiger partial charge in [-0.3, -0.25) is 0 Å². The number of aromatic nitrogens is 2. The molecule has 5 nitrogen and oxygen atoms in total. The summed E-state index contributed by atoms with van der Waals surface area (Å²) in [4.78, 5) is 2.22. The molecule has 0 bridgehead atoms. The van der Waals surface area contributed by atoms with E-state index in [0.29, 0.717) is 18.7 Å². The number of piperidine rings is 1. The van der Waals surface area contributed by atoms with Crippen LogP contribution in [0.4, 0.5) is 5.82 Å². The van der Waals surface area contributed by atoms with Gasteiger partial charge >= 0.3 is 0 Å². The average molecular weight is 222 g/mol. The van der Waals surface area contributed by atoms with Crippen LogP contribution in [-0.2, 0) is 4.74 Å². The summed E-state index contributed by atoms with van der Waals surface area (Å²) in [6.45, 7) is 1.55. The SMILES string of the molecule is COC1CCN(c2cccnn2)C(CN)C1. The quantitative estimate of drug-likeness (QED) is 0.803. The van der Waals surface area contributed by atoms with Crippen LogP contribution in [0.2, 0.25) is 0 Å². The first-order chi connectivity index (χ1) is 7.85. The molecule has 88 valence electrons. The van der Waals surface area contributed by atoms with E-state index >= 15 is 0 Å². The summed E-state index contributed by atoms with van der Waals surface area (Å²) in [5.41, 5.74) is 5.80. The molecule has 2 atom stereocenters. The van der Waals surface area contributed by atoms with Crippen LogP contribution < -0.4 is 10.6 Å². The molecule has 1 aromatic rings. The normalized spacial score (nSPS) is 25.8. The van der Waals surface area contributed by atoms with Crippen molar-refractivity contribution in [2.45, 2.75) is 25.0 Å². The van der Waals surface area contributed by atoms with Crippen molar-refractivity contribution in [1.82, 2.24) is 10.2 Å². The molecule has 1 aromatic heterocycles. The smallest absolute Gasteiger partial charge is 0.151 e. The summed E-state index contributed by atoms with van der Waals surface area (Å²) in [6.07, 6.45) is 3.98. The molecule has 0 radical (unpaired) electrons. The van der Waals surface area contributed by atoms with E-state index in [1.807, 2.05) is 12.1 Å². The lowest BCUT2D eigenvalue weighted by Gasteiger charge is -2.38. The standard InChI is InChI=1S/C11H18N4O/c1-16-10-4-6-15(9(7-10)8-12)11-3-2-5-13-14-11/h2-3,5,9-10H,4,6-8,12H2,1H3. The topological polar surface area (TPSA) is 64.3 Å². The lowest BCUT2D eigenvalue weighted by Crippen LogP contribution is -2.49. The third-order valence-corrected chi connectivity index (χ3v) is 3.13. The van der Waals surface area contributed by atoms with Gasteiger partial charge in [-0.2, -0.15) is 5.10 Å². The van der Waals surface area contributed by atoms with Crippen LogP contribution in [0.1, 0.15) is 12.8 Å². The Bertz CT molecular complexity index is 319. The fourth-order valence-corrected chi connectivity index (χ4v) is 2.20. The number of nitrogens with two attached hydrogens (primary N) is 1. The van der Waals surface area contributed by atoms with Gasteiger partial charge in [-0.05, 0) is 25.0 Å². The van der Waals surface area contributed by atoms with Gasteiger partial charge < -0.3 is 15.4 Å². The van der Waals surface area contributed by atoms with Crippen molar-refractivity contribution in [1.29, 1.82) is 0 Å². The van der Waals surface area contributed by atoms with E-state index in [9.17, 15) is 0 Å². The number of rotatable bonds is 3.